The summed E-state index contributed by atoms with van der Waals surface area (Å²) in [5, 5.41) is 100. The summed E-state index contributed by atoms with van der Waals surface area (Å²) in [6, 6.07) is 19.7. The molecule has 2 aliphatic carbocycles. The molecule has 2 aliphatic rings. The van der Waals surface area contributed by atoms with Gasteiger partial charge < -0.3 is 0 Å². The number of fused-ring (bicyclic) bond motifs is 2. The lowest BCUT2D eigenvalue weighted by Gasteiger charge is -2.16. The number of halogens is 3. The van der Waals surface area contributed by atoms with E-state index in [0.717, 1.165) is 12.1 Å². The lowest BCUT2D eigenvalue weighted by molar-refractivity contribution is 0.579. The van der Waals surface area contributed by atoms with Crippen molar-refractivity contribution in [3.05, 3.63) is 109 Å². The number of nitriles is 10. The van der Waals surface area contributed by atoms with Crippen molar-refractivity contribution >= 4 is 33.4 Å². The number of benzene rings is 2. The fourth-order valence-corrected chi connectivity index (χ4v) is 5.77. The molecule has 0 bridgehead atoms. The number of hydrogen-bond acceptors (Lipinski definition) is 11. The molecule has 1 aromatic heterocycles. The molecule has 0 atom stereocenters. The summed E-state index contributed by atoms with van der Waals surface area (Å²) < 4.78 is 46.0. The third kappa shape index (κ3) is 4.32. The molecular weight excluding hydrogens is 631 g/mol. The van der Waals surface area contributed by atoms with Gasteiger partial charge in [0.25, 0.3) is 0 Å². The zero-order valence-electron chi connectivity index (χ0n) is 23.9. The van der Waals surface area contributed by atoms with Crippen LogP contribution in [0.25, 0.3) is 33.4 Å². The monoisotopic (exact) mass is 635 g/mol. The summed E-state index contributed by atoms with van der Waals surface area (Å²) >= 11 is 0. The lowest BCUT2D eigenvalue weighted by Crippen LogP contribution is -2.05. The van der Waals surface area contributed by atoms with Crippen LogP contribution in [0.5, 0.6) is 0 Å². The Balaban J connectivity index is 2.12. The van der Waals surface area contributed by atoms with Crippen LogP contribution in [0.15, 0.2) is 35.4 Å². The number of nitrogens with zero attached hydrogens (tertiary/aromatic N) is 11. The van der Waals surface area contributed by atoms with Crippen molar-refractivity contribution < 1.29 is 13.2 Å². The Kier molecular flexibility index (Phi) is 7.73. The van der Waals surface area contributed by atoms with Gasteiger partial charge in [0.05, 0.1) is 27.8 Å². The molecule has 0 spiro atoms. The smallest absolute Gasteiger partial charge is 0.208 e. The Morgan fingerprint density at radius 2 is 1.00 bits per heavy atom. The summed E-state index contributed by atoms with van der Waals surface area (Å²) in [4.78, 5) is 3.51. The Labute approximate surface area is 273 Å². The van der Waals surface area contributed by atoms with E-state index < -0.39 is 112 Å². The SMILES string of the molecule is N#CC(C#N)=C1C(c2cc(F)c(C#N)cc2F)=C(C#N)c2c(C#N)c3c(c(C#N)c21)C(C#N)=C(c1ccc(C#N)nc1F)C3=C(C#N)C#N. The fraction of sp³-hybridized carbons (Fsp3) is 0. The molecule has 49 heavy (non-hydrogen) atoms. The van der Waals surface area contributed by atoms with Gasteiger partial charge in [-0.3, -0.25) is 0 Å². The lowest BCUT2D eigenvalue weighted by atomic mass is 9.82. The maximum Gasteiger partial charge on any atom is 0.222 e. The van der Waals surface area contributed by atoms with Crippen LogP contribution in [0, 0.1) is 131 Å². The van der Waals surface area contributed by atoms with Crippen molar-refractivity contribution in [2.75, 3.05) is 0 Å². The molecule has 3 aromatic rings. The van der Waals surface area contributed by atoms with Gasteiger partial charge in [0.1, 0.15) is 89.2 Å². The van der Waals surface area contributed by atoms with Gasteiger partial charge in [-0.2, -0.15) is 57.0 Å². The zero-order valence-corrected chi connectivity index (χ0v) is 23.9. The molecule has 0 saturated heterocycles. The van der Waals surface area contributed by atoms with Gasteiger partial charge in [-0.05, 0) is 24.3 Å². The highest BCUT2D eigenvalue weighted by molar-refractivity contribution is 6.32. The average Bonchev–Trinajstić information content (AvgIpc) is 3.62. The molecule has 0 radical (unpaired) electrons. The van der Waals surface area contributed by atoms with Crippen molar-refractivity contribution in [1.29, 1.82) is 52.6 Å². The molecule has 1 heterocycles. The summed E-state index contributed by atoms with van der Waals surface area (Å²) in [6.07, 6.45) is 0. The van der Waals surface area contributed by atoms with Crippen LogP contribution in [0.3, 0.4) is 0 Å². The molecule has 0 N–H and O–H groups in total. The first-order valence-corrected chi connectivity index (χ1v) is 13.1. The molecule has 0 unspecified atom stereocenters. The van der Waals surface area contributed by atoms with E-state index in [1.807, 2.05) is 0 Å². The molecule has 5 rings (SSSR count). The highest BCUT2D eigenvalue weighted by Gasteiger charge is 2.44. The summed E-state index contributed by atoms with van der Waals surface area (Å²) in [7, 11) is 0. The van der Waals surface area contributed by atoms with Crippen LogP contribution >= 0.6 is 0 Å². The Hall–Kier alpha value is -8.76. The zero-order chi connectivity index (χ0) is 35.7. The van der Waals surface area contributed by atoms with E-state index in [2.05, 4.69) is 4.98 Å². The topological polar surface area (TPSA) is 251 Å². The van der Waals surface area contributed by atoms with Crippen LogP contribution in [0.4, 0.5) is 13.2 Å². The van der Waals surface area contributed by atoms with Crippen LogP contribution in [-0.4, -0.2) is 4.98 Å². The molecule has 11 nitrogen and oxygen atoms in total. The standard InChI is InChI=1S/C35H4F3N11/c36-25-4-20(26(37)3-15(25)5-39)30-22(12-46)32-24(14-48)33-27(16(6-40)7-41)29(19-2-1-18(10-44)49-35(19)38)21(11-45)31(33)23(13-47)34(32)28(30)17(8-42)9-43/h1-4H. The largest absolute Gasteiger partial charge is 0.222 e. The Morgan fingerprint density at radius 1 is 0.510 bits per heavy atom. The predicted octanol–water partition coefficient (Wildman–Crippen LogP) is 5.48. The van der Waals surface area contributed by atoms with Crippen LogP contribution in [0.1, 0.15) is 55.8 Å². The normalized spacial score (nSPS) is 11.9. The van der Waals surface area contributed by atoms with E-state index in [0.29, 0.717) is 12.1 Å². The van der Waals surface area contributed by atoms with Gasteiger partial charge in [-0.15, -0.1) is 0 Å². The van der Waals surface area contributed by atoms with Gasteiger partial charge in [0, 0.05) is 55.7 Å². The number of rotatable bonds is 2. The second-order valence-corrected chi connectivity index (χ2v) is 9.71. The fourth-order valence-electron chi connectivity index (χ4n) is 5.77. The van der Waals surface area contributed by atoms with Gasteiger partial charge >= 0.3 is 0 Å². The van der Waals surface area contributed by atoms with Crippen molar-refractivity contribution in [3.63, 3.8) is 0 Å². The van der Waals surface area contributed by atoms with E-state index in [1.54, 1.807) is 54.6 Å². The van der Waals surface area contributed by atoms with Crippen molar-refractivity contribution in [1.82, 2.24) is 4.98 Å². The molecule has 220 valence electrons. The predicted molar refractivity (Wildman–Crippen MR) is 157 cm³/mol. The van der Waals surface area contributed by atoms with Crippen LogP contribution < -0.4 is 0 Å². The third-order valence-corrected chi connectivity index (χ3v) is 7.57. The summed E-state index contributed by atoms with van der Waals surface area (Å²) in [5.74, 6) is -3.87. The number of pyridine rings is 1. The first-order chi connectivity index (χ1) is 23.7. The molecule has 0 fully saturated rings. The number of hydrogen-bond donors (Lipinski definition) is 0. The first kappa shape index (κ1) is 31.7. The van der Waals surface area contributed by atoms with Crippen molar-refractivity contribution in [2.45, 2.75) is 0 Å². The second kappa shape index (κ2) is 12.0. The molecule has 0 saturated carbocycles. The second-order valence-electron chi connectivity index (χ2n) is 9.71. The van der Waals surface area contributed by atoms with Gasteiger partial charge in [0.2, 0.25) is 5.95 Å². The van der Waals surface area contributed by atoms with Crippen LogP contribution in [0.2, 0.25) is 0 Å². The van der Waals surface area contributed by atoms with Gasteiger partial charge in [0.15, 0.2) is 0 Å². The third-order valence-electron chi connectivity index (χ3n) is 7.57. The minimum Gasteiger partial charge on any atom is -0.208 e. The molecule has 0 aliphatic heterocycles. The molecule has 0 amide bonds. The van der Waals surface area contributed by atoms with E-state index in [-0.39, 0.29) is 5.69 Å². The van der Waals surface area contributed by atoms with E-state index in [4.69, 9.17) is 0 Å². The van der Waals surface area contributed by atoms with Crippen molar-refractivity contribution in [2.24, 2.45) is 0 Å². The quantitative estimate of drug-likeness (QED) is 0.251. The molecule has 2 aromatic carbocycles. The molecule has 14 heteroatoms. The van der Waals surface area contributed by atoms with Gasteiger partial charge in [-0.25, -0.2) is 13.8 Å². The number of aromatic nitrogens is 1. The Bertz CT molecular complexity index is 2710. The van der Waals surface area contributed by atoms with Crippen molar-refractivity contribution in [3.8, 4) is 60.7 Å². The Morgan fingerprint density at radius 3 is 1.39 bits per heavy atom. The minimum absolute atomic E-state index is 0.380. The highest BCUT2D eigenvalue weighted by atomic mass is 19.1. The van der Waals surface area contributed by atoms with Gasteiger partial charge in [-0.1, -0.05) is 0 Å². The maximum atomic E-state index is 15.6. The average molecular weight is 635 g/mol. The summed E-state index contributed by atoms with van der Waals surface area (Å²) in [5.41, 5.74) is -10.5. The minimum atomic E-state index is -1.33. The van der Waals surface area contributed by atoms with Crippen LogP contribution in [-0.2, 0) is 0 Å². The van der Waals surface area contributed by atoms with E-state index in [9.17, 15) is 57.0 Å². The number of allylic oxidation sites excluding steroid dienone is 8. The molecular formula is C35H4F3N11. The highest BCUT2D eigenvalue weighted by Crippen LogP contribution is 2.58. The summed E-state index contributed by atoms with van der Waals surface area (Å²) in [6.45, 7) is 0. The van der Waals surface area contributed by atoms with E-state index >= 15 is 8.78 Å². The first-order valence-electron chi connectivity index (χ1n) is 13.1. The maximum absolute atomic E-state index is 15.6. The van der Waals surface area contributed by atoms with E-state index in [1.165, 1.54) is 6.07 Å².